The number of rotatable bonds is 4. The second kappa shape index (κ2) is 9.25. The van der Waals surface area contributed by atoms with Gasteiger partial charge in [0.15, 0.2) is 0 Å². The Kier molecular flexibility index (Phi) is 7.60. The summed E-state index contributed by atoms with van der Waals surface area (Å²) in [6, 6.07) is 8.00. The molecule has 1 saturated carbocycles. The van der Waals surface area contributed by atoms with E-state index in [0.29, 0.717) is 11.8 Å². The molecule has 3 nitrogen and oxygen atoms in total. The maximum Gasteiger partial charge on any atom is 0.233 e. The Morgan fingerprint density at radius 3 is 2.32 bits per heavy atom. The third kappa shape index (κ3) is 4.50. The zero-order valence-corrected chi connectivity index (χ0v) is 16.7. The van der Waals surface area contributed by atoms with Crippen LogP contribution in [0.1, 0.15) is 50.5 Å². The van der Waals surface area contributed by atoms with Crippen LogP contribution in [0.3, 0.4) is 0 Å². The zero-order valence-electron chi connectivity index (χ0n) is 15.1. The summed E-state index contributed by atoms with van der Waals surface area (Å²) in [5.41, 5.74) is 0.840. The van der Waals surface area contributed by atoms with Crippen molar-refractivity contribution in [2.45, 2.75) is 50.4 Å². The van der Waals surface area contributed by atoms with Gasteiger partial charge in [0.2, 0.25) is 5.91 Å². The quantitative estimate of drug-likeness (QED) is 0.832. The van der Waals surface area contributed by atoms with Crippen molar-refractivity contribution in [1.82, 2.24) is 10.2 Å². The molecule has 1 aliphatic heterocycles. The van der Waals surface area contributed by atoms with Crippen LogP contribution < -0.4 is 5.32 Å². The first kappa shape index (κ1) is 20.5. The van der Waals surface area contributed by atoms with Crippen LogP contribution in [0.15, 0.2) is 24.3 Å². The third-order valence-electron chi connectivity index (χ3n) is 5.91. The van der Waals surface area contributed by atoms with Gasteiger partial charge in [0.1, 0.15) is 0 Å². The fourth-order valence-electron chi connectivity index (χ4n) is 4.48. The molecule has 0 aromatic heterocycles. The Morgan fingerprint density at radius 1 is 1.16 bits per heavy atom. The first-order valence-electron chi connectivity index (χ1n) is 9.36. The Bertz CT molecular complexity index is 547. The van der Waals surface area contributed by atoms with Crippen molar-refractivity contribution < 1.29 is 4.79 Å². The van der Waals surface area contributed by atoms with E-state index in [-0.39, 0.29) is 17.8 Å². The number of halogens is 2. The van der Waals surface area contributed by atoms with E-state index in [2.05, 4.69) is 22.3 Å². The second-order valence-electron chi connectivity index (χ2n) is 7.44. The number of piperidine rings is 1. The molecular weight excluding hydrogens is 355 g/mol. The molecule has 0 spiro atoms. The van der Waals surface area contributed by atoms with Crippen LogP contribution in [0.2, 0.25) is 5.02 Å². The summed E-state index contributed by atoms with van der Waals surface area (Å²) >= 11 is 6.07. The van der Waals surface area contributed by atoms with E-state index >= 15 is 0 Å². The molecule has 1 aromatic rings. The number of hydrogen-bond acceptors (Lipinski definition) is 2. The van der Waals surface area contributed by atoms with Gasteiger partial charge in [-0.25, -0.2) is 0 Å². The average molecular weight is 385 g/mol. The van der Waals surface area contributed by atoms with E-state index in [1.54, 1.807) is 0 Å². The predicted molar refractivity (Wildman–Crippen MR) is 107 cm³/mol. The predicted octanol–water partition coefficient (Wildman–Crippen LogP) is 4.42. The van der Waals surface area contributed by atoms with Gasteiger partial charge in [-0.2, -0.15) is 0 Å². The van der Waals surface area contributed by atoms with Gasteiger partial charge in [-0.15, -0.1) is 12.4 Å². The summed E-state index contributed by atoms with van der Waals surface area (Å²) in [6.45, 7) is 2.87. The SMILES string of the molecule is CNCC1CCN(C(=O)C2(c3ccc(Cl)cc3)CCCCC2)CC1.Cl. The van der Waals surface area contributed by atoms with Gasteiger partial charge < -0.3 is 10.2 Å². The maximum absolute atomic E-state index is 13.5. The number of benzene rings is 1. The molecule has 1 aromatic carbocycles. The number of carbonyl (C=O) groups is 1. The van der Waals surface area contributed by atoms with Gasteiger partial charge in [0, 0.05) is 18.1 Å². The summed E-state index contributed by atoms with van der Waals surface area (Å²) < 4.78 is 0. The molecule has 140 valence electrons. The Labute approximate surface area is 162 Å². The molecule has 0 bridgehead atoms. The van der Waals surface area contributed by atoms with Gasteiger partial charge >= 0.3 is 0 Å². The summed E-state index contributed by atoms with van der Waals surface area (Å²) in [6.07, 6.45) is 7.71. The smallest absolute Gasteiger partial charge is 0.233 e. The molecule has 1 amide bonds. The second-order valence-corrected chi connectivity index (χ2v) is 7.88. The largest absolute Gasteiger partial charge is 0.342 e. The summed E-state index contributed by atoms with van der Waals surface area (Å²) in [5, 5.41) is 4.01. The monoisotopic (exact) mass is 384 g/mol. The molecule has 1 N–H and O–H groups in total. The van der Waals surface area contributed by atoms with Crippen LogP contribution >= 0.6 is 24.0 Å². The van der Waals surface area contributed by atoms with E-state index in [1.165, 1.54) is 6.42 Å². The molecule has 2 aliphatic rings. The minimum Gasteiger partial charge on any atom is -0.342 e. The van der Waals surface area contributed by atoms with Crippen LogP contribution in [0.4, 0.5) is 0 Å². The Hall–Kier alpha value is -0.770. The lowest BCUT2D eigenvalue weighted by atomic mass is 9.68. The maximum atomic E-state index is 13.5. The van der Waals surface area contributed by atoms with Crippen LogP contribution in [-0.2, 0) is 10.2 Å². The molecule has 1 heterocycles. The number of nitrogens with one attached hydrogen (secondary N) is 1. The number of nitrogens with zero attached hydrogens (tertiary/aromatic N) is 1. The Balaban J connectivity index is 0.00000225. The van der Waals surface area contributed by atoms with Crippen molar-refractivity contribution in [1.29, 1.82) is 0 Å². The van der Waals surface area contributed by atoms with E-state index in [0.717, 1.165) is 68.7 Å². The fraction of sp³-hybridized carbons (Fsp3) is 0.650. The highest BCUT2D eigenvalue weighted by Crippen LogP contribution is 2.42. The zero-order chi connectivity index (χ0) is 17.0. The van der Waals surface area contributed by atoms with Gasteiger partial charge in [-0.05, 0) is 62.9 Å². The van der Waals surface area contributed by atoms with Crippen LogP contribution in [-0.4, -0.2) is 37.5 Å². The number of hydrogen-bond donors (Lipinski definition) is 1. The van der Waals surface area contributed by atoms with E-state index in [4.69, 9.17) is 11.6 Å². The third-order valence-corrected chi connectivity index (χ3v) is 6.16. The van der Waals surface area contributed by atoms with Crippen molar-refractivity contribution in [3.63, 3.8) is 0 Å². The van der Waals surface area contributed by atoms with E-state index in [9.17, 15) is 4.79 Å². The highest BCUT2D eigenvalue weighted by Gasteiger charge is 2.44. The van der Waals surface area contributed by atoms with Crippen molar-refractivity contribution in [3.05, 3.63) is 34.9 Å². The summed E-state index contributed by atoms with van der Waals surface area (Å²) in [7, 11) is 2.01. The minimum atomic E-state index is -0.321. The van der Waals surface area contributed by atoms with Gasteiger partial charge in [0.25, 0.3) is 0 Å². The van der Waals surface area contributed by atoms with Gasteiger partial charge in [0.05, 0.1) is 5.41 Å². The van der Waals surface area contributed by atoms with Crippen molar-refractivity contribution in [2.24, 2.45) is 5.92 Å². The molecule has 5 heteroatoms. The van der Waals surface area contributed by atoms with Crippen molar-refractivity contribution in [3.8, 4) is 0 Å². The first-order chi connectivity index (χ1) is 11.7. The topological polar surface area (TPSA) is 32.3 Å². The molecule has 1 saturated heterocycles. The minimum absolute atomic E-state index is 0. The molecule has 1 aliphatic carbocycles. The number of likely N-dealkylation sites (tertiary alicyclic amines) is 1. The highest BCUT2D eigenvalue weighted by atomic mass is 35.5. The lowest BCUT2D eigenvalue weighted by Gasteiger charge is -2.42. The lowest BCUT2D eigenvalue weighted by Crippen LogP contribution is -2.51. The standard InChI is InChI=1S/C20H29ClN2O.ClH/c1-22-15-16-9-13-23(14-10-16)19(24)20(11-3-2-4-12-20)17-5-7-18(21)8-6-17;/h5-8,16,22H,2-4,9-15H2,1H3;1H. The lowest BCUT2D eigenvalue weighted by molar-refractivity contribution is -0.140. The molecular formula is C20H30Cl2N2O. The molecule has 0 radical (unpaired) electrons. The molecule has 0 unspecified atom stereocenters. The molecule has 3 rings (SSSR count). The van der Waals surface area contributed by atoms with Crippen LogP contribution in [0.25, 0.3) is 0 Å². The van der Waals surface area contributed by atoms with Crippen molar-refractivity contribution in [2.75, 3.05) is 26.7 Å². The van der Waals surface area contributed by atoms with E-state index in [1.807, 2.05) is 19.2 Å². The average Bonchev–Trinajstić information content (AvgIpc) is 2.63. The fourth-order valence-corrected chi connectivity index (χ4v) is 4.61. The first-order valence-corrected chi connectivity index (χ1v) is 9.73. The van der Waals surface area contributed by atoms with Crippen LogP contribution in [0.5, 0.6) is 0 Å². The Morgan fingerprint density at radius 2 is 1.76 bits per heavy atom. The summed E-state index contributed by atoms with van der Waals surface area (Å²) in [4.78, 5) is 15.6. The number of amides is 1. The van der Waals surface area contributed by atoms with Crippen LogP contribution in [0, 0.1) is 5.92 Å². The normalized spacial score (nSPS) is 20.8. The highest BCUT2D eigenvalue weighted by molar-refractivity contribution is 6.30. The van der Waals surface area contributed by atoms with Gasteiger partial charge in [-0.1, -0.05) is 43.0 Å². The van der Waals surface area contributed by atoms with Crippen molar-refractivity contribution >= 4 is 29.9 Å². The van der Waals surface area contributed by atoms with Gasteiger partial charge in [-0.3, -0.25) is 4.79 Å². The molecule has 2 fully saturated rings. The van der Waals surface area contributed by atoms with E-state index < -0.39 is 0 Å². The summed E-state index contributed by atoms with van der Waals surface area (Å²) in [5.74, 6) is 1.06. The molecule has 25 heavy (non-hydrogen) atoms. The number of carbonyl (C=O) groups excluding carboxylic acids is 1. The molecule has 0 atom stereocenters.